The Morgan fingerprint density at radius 3 is 2.63 bits per heavy atom. The minimum absolute atomic E-state index is 0.392. The van der Waals surface area contributed by atoms with Gasteiger partial charge in [-0.2, -0.15) is 10.4 Å². The van der Waals surface area contributed by atoms with Crippen LogP contribution in [0.15, 0.2) is 35.1 Å². The van der Waals surface area contributed by atoms with Crippen molar-refractivity contribution in [1.29, 1.82) is 5.26 Å². The molecule has 0 N–H and O–H groups in total. The van der Waals surface area contributed by atoms with E-state index in [1.54, 1.807) is 24.0 Å². The van der Waals surface area contributed by atoms with E-state index in [4.69, 9.17) is 9.10 Å². The standard InChI is InChI=1S/C21H25N7OS/c1-29-19-14-28-21(16(11-22)13-24-28)20(25-19)15-5-6-18(23-12-15)27-9-7-17(8-10-27)26-30(2,3)4/h5-6,12-14,17H,2,7-10H2,1,3-4H3. The Hall–Kier alpha value is -3.12. The average molecular weight is 424 g/mol. The van der Waals surface area contributed by atoms with Gasteiger partial charge in [0.05, 0.1) is 25.5 Å². The lowest BCUT2D eigenvalue weighted by Gasteiger charge is -2.31. The maximum Gasteiger partial charge on any atom is 0.232 e. The lowest BCUT2D eigenvalue weighted by molar-refractivity contribution is 0.395. The Balaban J connectivity index is 1.60. The summed E-state index contributed by atoms with van der Waals surface area (Å²) in [5, 5.41) is 13.7. The van der Waals surface area contributed by atoms with Gasteiger partial charge in [-0.15, -0.1) is 9.41 Å². The molecule has 9 heteroatoms. The summed E-state index contributed by atoms with van der Waals surface area (Å²) in [5.74, 6) is 5.53. The summed E-state index contributed by atoms with van der Waals surface area (Å²) in [5.41, 5.74) is 2.55. The number of fused-ring (bicyclic) bond motifs is 1. The number of methoxy groups -OCH3 is 1. The smallest absolute Gasteiger partial charge is 0.232 e. The summed E-state index contributed by atoms with van der Waals surface area (Å²) in [4.78, 5) is 11.5. The van der Waals surface area contributed by atoms with Crippen LogP contribution in [0.2, 0.25) is 0 Å². The van der Waals surface area contributed by atoms with E-state index < -0.39 is 9.41 Å². The van der Waals surface area contributed by atoms with Crippen LogP contribution in [0.3, 0.4) is 0 Å². The molecule has 0 atom stereocenters. The number of nitrogens with zero attached hydrogens (tertiary/aromatic N) is 7. The molecule has 1 aliphatic rings. The molecule has 4 heterocycles. The third kappa shape index (κ3) is 4.09. The zero-order valence-corrected chi connectivity index (χ0v) is 18.3. The zero-order chi connectivity index (χ0) is 21.3. The van der Waals surface area contributed by atoms with Crippen molar-refractivity contribution in [1.82, 2.24) is 19.6 Å². The molecule has 156 valence electrons. The summed E-state index contributed by atoms with van der Waals surface area (Å²) in [7, 11) is 0.483. The Morgan fingerprint density at radius 1 is 1.27 bits per heavy atom. The van der Waals surface area contributed by atoms with Gasteiger partial charge in [0.25, 0.3) is 0 Å². The van der Waals surface area contributed by atoms with Crippen LogP contribution in [0, 0.1) is 11.3 Å². The molecule has 0 aromatic carbocycles. The molecule has 1 saturated heterocycles. The molecule has 3 aromatic heterocycles. The highest BCUT2D eigenvalue weighted by Gasteiger charge is 2.20. The molecule has 4 rings (SSSR count). The molecule has 30 heavy (non-hydrogen) atoms. The van der Waals surface area contributed by atoms with Crippen molar-refractivity contribution < 1.29 is 4.74 Å². The van der Waals surface area contributed by atoms with E-state index in [2.05, 4.69) is 44.4 Å². The summed E-state index contributed by atoms with van der Waals surface area (Å²) < 4.78 is 11.8. The Kier molecular flexibility index (Phi) is 5.35. The number of pyridine rings is 1. The molecule has 1 fully saturated rings. The van der Waals surface area contributed by atoms with Crippen LogP contribution < -0.4 is 9.64 Å². The van der Waals surface area contributed by atoms with Gasteiger partial charge in [0.1, 0.15) is 28.7 Å². The van der Waals surface area contributed by atoms with Crippen LogP contribution in [0.5, 0.6) is 5.88 Å². The largest absolute Gasteiger partial charge is 0.480 e. The van der Waals surface area contributed by atoms with Gasteiger partial charge in [0.15, 0.2) is 0 Å². The number of hydrogen-bond donors (Lipinski definition) is 0. The highest BCUT2D eigenvalue weighted by molar-refractivity contribution is 8.01. The highest BCUT2D eigenvalue weighted by atomic mass is 32.2. The number of hydrogen-bond acceptors (Lipinski definition) is 7. The second-order valence-electron chi connectivity index (χ2n) is 7.80. The van der Waals surface area contributed by atoms with E-state index >= 15 is 0 Å². The molecule has 3 aromatic rings. The molecular formula is C21H25N7OS. The zero-order valence-electron chi connectivity index (χ0n) is 17.4. The fourth-order valence-corrected chi connectivity index (χ4v) is 4.71. The second-order valence-corrected chi connectivity index (χ2v) is 11.0. The Morgan fingerprint density at radius 2 is 2.03 bits per heavy atom. The number of piperidine rings is 1. The predicted octanol–water partition coefficient (Wildman–Crippen LogP) is 2.67. The minimum Gasteiger partial charge on any atom is -0.480 e. The minimum atomic E-state index is -1.07. The maximum atomic E-state index is 9.43. The van der Waals surface area contributed by atoms with Gasteiger partial charge in [-0.1, -0.05) is 5.87 Å². The van der Waals surface area contributed by atoms with Crippen LogP contribution in [-0.2, 0) is 9.41 Å². The molecule has 0 bridgehead atoms. The average Bonchev–Trinajstić information content (AvgIpc) is 3.16. The molecule has 1 aliphatic heterocycles. The van der Waals surface area contributed by atoms with Crippen LogP contribution in [-0.4, -0.2) is 64.2 Å². The first kappa shape index (κ1) is 20.2. The number of ether oxygens (including phenoxy) is 1. The van der Waals surface area contributed by atoms with Gasteiger partial charge in [-0.3, -0.25) is 4.36 Å². The van der Waals surface area contributed by atoms with E-state index in [0.717, 1.165) is 37.3 Å². The monoisotopic (exact) mass is 423 g/mol. The van der Waals surface area contributed by atoms with E-state index in [1.165, 1.54) is 6.20 Å². The molecular weight excluding hydrogens is 398 g/mol. The molecule has 0 radical (unpaired) electrons. The van der Waals surface area contributed by atoms with Crippen LogP contribution in [0.25, 0.3) is 16.8 Å². The van der Waals surface area contributed by atoms with E-state index in [0.29, 0.717) is 28.7 Å². The van der Waals surface area contributed by atoms with Gasteiger partial charge in [-0.25, -0.2) is 14.5 Å². The summed E-state index contributed by atoms with van der Waals surface area (Å²) >= 11 is 0. The molecule has 8 nitrogen and oxygen atoms in total. The van der Waals surface area contributed by atoms with Gasteiger partial charge in [-0.05, 0) is 37.5 Å². The van der Waals surface area contributed by atoms with Crippen molar-refractivity contribution in [2.45, 2.75) is 18.9 Å². The Labute approximate surface area is 176 Å². The summed E-state index contributed by atoms with van der Waals surface area (Å²) in [6.45, 7) is 1.86. The molecule has 0 saturated carbocycles. The first-order valence-corrected chi connectivity index (χ1v) is 12.3. The molecule has 0 amide bonds. The van der Waals surface area contributed by atoms with E-state index in [1.807, 2.05) is 12.1 Å². The van der Waals surface area contributed by atoms with Crippen molar-refractivity contribution in [3.8, 4) is 23.2 Å². The van der Waals surface area contributed by atoms with Gasteiger partial charge in [0.2, 0.25) is 5.88 Å². The third-order valence-corrected chi connectivity index (χ3v) is 5.92. The Bertz CT molecular complexity index is 1220. The van der Waals surface area contributed by atoms with Gasteiger partial charge < -0.3 is 9.64 Å². The summed E-state index contributed by atoms with van der Waals surface area (Å²) in [6.07, 6.45) is 11.3. The first-order valence-electron chi connectivity index (χ1n) is 9.70. The van der Waals surface area contributed by atoms with Crippen molar-refractivity contribution in [3.05, 3.63) is 36.3 Å². The summed E-state index contributed by atoms with van der Waals surface area (Å²) in [6, 6.07) is 6.56. The molecule has 0 spiro atoms. The van der Waals surface area contributed by atoms with E-state index in [-0.39, 0.29) is 0 Å². The second kappa shape index (κ2) is 7.95. The number of anilines is 1. The van der Waals surface area contributed by atoms with Crippen LogP contribution >= 0.6 is 0 Å². The topological polar surface area (TPSA) is 91.7 Å². The lowest BCUT2D eigenvalue weighted by Crippen LogP contribution is -2.36. The van der Waals surface area contributed by atoms with E-state index in [9.17, 15) is 5.26 Å². The highest BCUT2D eigenvalue weighted by Crippen LogP contribution is 2.29. The van der Waals surface area contributed by atoms with Gasteiger partial charge in [0, 0.05) is 24.8 Å². The van der Waals surface area contributed by atoms with Crippen LogP contribution in [0.4, 0.5) is 5.82 Å². The molecule has 0 aliphatic carbocycles. The van der Waals surface area contributed by atoms with Crippen LogP contribution in [0.1, 0.15) is 18.4 Å². The number of rotatable bonds is 4. The maximum absolute atomic E-state index is 9.43. The fourth-order valence-electron chi connectivity index (χ4n) is 3.69. The van der Waals surface area contributed by atoms with Crippen molar-refractivity contribution in [3.63, 3.8) is 0 Å². The first-order chi connectivity index (χ1) is 14.4. The normalized spacial score (nSPS) is 15.2. The van der Waals surface area contributed by atoms with Crippen molar-refractivity contribution >= 4 is 26.6 Å². The predicted molar refractivity (Wildman–Crippen MR) is 121 cm³/mol. The lowest BCUT2D eigenvalue weighted by atomic mass is 10.1. The molecule has 0 unspecified atom stereocenters. The van der Waals surface area contributed by atoms with Crippen molar-refractivity contribution in [2.75, 3.05) is 37.6 Å². The SMILES string of the molecule is C=S(C)(C)=NC1CCN(c2ccc(-c3nc(OC)cn4ncc(C#N)c34)cn2)CC1. The van der Waals surface area contributed by atoms with Crippen molar-refractivity contribution in [2.24, 2.45) is 4.36 Å². The third-order valence-electron chi connectivity index (χ3n) is 5.05. The number of nitriles is 1. The van der Waals surface area contributed by atoms with Gasteiger partial charge >= 0.3 is 0 Å². The fraction of sp³-hybridized carbons (Fsp3) is 0.381. The number of aromatic nitrogens is 4. The quantitative estimate of drug-likeness (QED) is 0.599.